The fourth-order valence-electron chi connectivity index (χ4n) is 3.79. The first-order valence-electron chi connectivity index (χ1n) is 10.0. The van der Waals surface area contributed by atoms with E-state index in [4.69, 9.17) is 11.6 Å². The van der Waals surface area contributed by atoms with Gasteiger partial charge in [-0.25, -0.2) is 0 Å². The van der Waals surface area contributed by atoms with Crippen molar-refractivity contribution in [2.45, 2.75) is 38.6 Å². The van der Waals surface area contributed by atoms with E-state index in [2.05, 4.69) is 21.6 Å². The van der Waals surface area contributed by atoms with Gasteiger partial charge in [0.15, 0.2) is 0 Å². The number of hydrogen-bond donors (Lipinski definition) is 2. The molecule has 0 bridgehead atoms. The molecule has 0 radical (unpaired) electrons. The molecule has 0 saturated carbocycles. The third kappa shape index (κ3) is 4.43. The summed E-state index contributed by atoms with van der Waals surface area (Å²) in [6, 6.07) is 17.7. The van der Waals surface area contributed by atoms with Crippen LogP contribution in [-0.4, -0.2) is 16.1 Å². The smallest absolute Gasteiger partial charge is 0.270 e. The molecule has 1 amide bonds. The van der Waals surface area contributed by atoms with Crippen LogP contribution in [0, 0.1) is 0 Å². The molecule has 0 spiro atoms. The topological polar surface area (TPSA) is 57.8 Å². The first-order valence-corrected chi connectivity index (χ1v) is 10.4. The summed E-state index contributed by atoms with van der Waals surface area (Å²) in [4.78, 5) is 13.0. The van der Waals surface area contributed by atoms with E-state index in [0.717, 1.165) is 58.7 Å². The monoisotopic (exact) mass is 405 g/mol. The lowest BCUT2D eigenvalue weighted by atomic mass is 10.0. The highest BCUT2D eigenvalue weighted by molar-refractivity contribution is 6.30. The minimum atomic E-state index is -0.108. The van der Waals surface area contributed by atoms with Crippen LogP contribution in [0.4, 0.5) is 0 Å². The maximum atomic E-state index is 13.0. The summed E-state index contributed by atoms with van der Waals surface area (Å²) in [7, 11) is 0. The third-order valence-electron chi connectivity index (χ3n) is 5.38. The summed E-state index contributed by atoms with van der Waals surface area (Å²) in [6.45, 7) is 1.99. The number of nitrogens with zero attached hydrogens (tertiary/aromatic N) is 1. The second kappa shape index (κ2) is 8.66. The number of carbonyl (C=O) groups excluding carboxylic acids is 1. The van der Waals surface area contributed by atoms with E-state index in [9.17, 15) is 4.79 Å². The van der Waals surface area contributed by atoms with E-state index in [1.807, 2.05) is 61.5 Å². The number of H-pyrrole nitrogens is 1. The zero-order valence-corrected chi connectivity index (χ0v) is 17.2. The molecule has 1 atom stereocenters. The van der Waals surface area contributed by atoms with Gasteiger partial charge in [-0.15, -0.1) is 0 Å². The molecule has 0 fully saturated rings. The van der Waals surface area contributed by atoms with Crippen molar-refractivity contribution in [2.24, 2.45) is 0 Å². The second-order valence-electron chi connectivity index (χ2n) is 7.46. The number of amides is 1. The van der Waals surface area contributed by atoms with E-state index in [1.165, 1.54) is 0 Å². The minimum Gasteiger partial charge on any atom is -0.344 e. The average Bonchev–Trinajstić information content (AvgIpc) is 3.06. The van der Waals surface area contributed by atoms with Gasteiger partial charge in [-0.05, 0) is 67.5 Å². The Bertz CT molecular complexity index is 1020. The van der Waals surface area contributed by atoms with Crippen LogP contribution in [0.2, 0.25) is 5.02 Å². The number of fused-ring (bicyclic) bond motifs is 1. The van der Waals surface area contributed by atoms with Crippen molar-refractivity contribution < 1.29 is 4.79 Å². The summed E-state index contributed by atoms with van der Waals surface area (Å²) in [5, 5.41) is 11.4. The third-order valence-corrected chi connectivity index (χ3v) is 5.63. The predicted octanol–water partition coefficient (Wildman–Crippen LogP) is 5.82. The van der Waals surface area contributed by atoms with Crippen LogP contribution in [0.1, 0.15) is 65.1 Å². The Morgan fingerprint density at radius 3 is 2.59 bits per heavy atom. The van der Waals surface area contributed by atoms with Gasteiger partial charge in [-0.3, -0.25) is 9.89 Å². The van der Waals surface area contributed by atoms with Gasteiger partial charge in [-0.1, -0.05) is 54.1 Å². The van der Waals surface area contributed by atoms with Crippen molar-refractivity contribution in [1.82, 2.24) is 15.5 Å². The molecule has 4 nitrogen and oxygen atoms in total. The van der Waals surface area contributed by atoms with Crippen LogP contribution in [0.15, 0.2) is 54.6 Å². The van der Waals surface area contributed by atoms with Gasteiger partial charge in [0.2, 0.25) is 0 Å². The number of hydrogen-bond acceptors (Lipinski definition) is 2. The highest BCUT2D eigenvalue weighted by atomic mass is 35.5. The first-order chi connectivity index (χ1) is 14.1. The minimum absolute atomic E-state index is 0.0718. The molecule has 1 heterocycles. The zero-order chi connectivity index (χ0) is 20.2. The summed E-state index contributed by atoms with van der Waals surface area (Å²) < 4.78 is 0. The van der Waals surface area contributed by atoms with E-state index >= 15 is 0 Å². The van der Waals surface area contributed by atoms with Gasteiger partial charge in [0.05, 0.1) is 11.7 Å². The van der Waals surface area contributed by atoms with Crippen molar-refractivity contribution in [3.63, 3.8) is 0 Å². The molecule has 1 aromatic heterocycles. The van der Waals surface area contributed by atoms with Crippen molar-refractivity contribution >= 4 is 29.2 Å². The van der Waals surface area contributed by atoms with E-state index in [1.54, 1.807) is 0 Å². The molecule has 2 aromatic carbocycles. The van der Waals surface area contributed by atoms with E-state index in [-0.39, 0.29) is 11.9 Å². The van der Waals surface area contributed by atoms with Crippen LogP contribution in [0.25, 0.3) is 11.6 Å². The quantitative estimate of drug-likeness (QED) is 0.537. The van der Waals surface area contributed by atoms with Crippen LogP contribution >= 0.6 is 11.6 Å². The number of nitrogens with one attached hydrogen (secondary N) is 2. The molecule has 0 aliphatic heterocycles. The summed E-state index contributed by atoms with van der Waals surface area (Å²) in [5.41, 5.74) is 5.83. The number of carbonyl (C=O) groups is 1. The SMILES string of the molecule is C[C@H](NC(=O)c1[nH]nc2c1CCCCC2=Cc1ccc(Cl)cc1)c1ccccc1. The van der Waals surface area contributed by atoms with Crippen molar-refractivity contribution in [3.05, 3.63) is 87.7 Å². The Kier molecular flexibility index (Phi) is 5.81. The molecule has 148 valence electrons. The number of rotatable bonds is 4. The zero-order valence-electron chi connectivity index (χ0n) is 16.4. The van der Waals surface area contributed by atoms with Crippen LogP contribution in [0.3, 0.4) is 0 Å². The predicted molar refractivity (Wildman–Crippen MR) is 118 cm³/mol. The molecular formula is C24H24ClN3O. The number of aromatic nitrogens is 2. The fourth-order valence-corrected chi connectivity index (χ4v) is 3.92. The molecular weight excluding hydrogens is 382 g/mol. The summed E-state index contributed by atoms with van der Waals surface area (Å²) in [5.74, 6) is -0.108. The van der Waals surface area contributed by atoms with Crippen molar-refractivity contribution in [1.29, 1.82) is 0 Å². The highest BCUT2D eigenvalue weighted by Crippen LogP contribution is 2.32. The maximum Gasteiger partial charge on any atom is 0.270 e. The Morgan fingerprint density at radius 1 is 1.10 bits per heavy atom. The number of allylic oxidation sites excluding steroid dienone is 1. The Balaban J connectivity index is 1.60. The normalized spacial score (nSPS) is 16.1. The number of benzene rings is 2. The van der Waals surface area contributed by atoms with Gasteiger partial charge in [0.1, 0.15) is 5.69 Å². The van der Waals surface area contributed by atoms with Gasteiger partial charge < -0.3 is 5.32 Å². The first kappa shape index (κ1) is 19.5. The Morgan fingerprint density at radius 2 is 1.83 bits per heavy atom. The highest BCUT2D eigenvalue weighted by Gasteiger charge is 2.24. The number of halogens is 1. The largest absolute Gasteiger partial charge is 0.344 e. The van der Waals surface area contributed by atoms with E-state index in [0.29, 0.717) is 5.69 Å². The molecule has 29 heavy (non-hydrogen) atoms. The second-order valence-corrected chi connectivity index (χ2v) is 7.90. The average molecular weight is 406 g/mol. The van der Waals surface area contributed by atoms with Crippen molar-refractivity contribution in [2.75, 3.05) is 0 Å². The van der Waals surface area contributed by atoms with Gasteiger partial charge in [0, 0.05) is 10.6 Å². The van der Waals surface area contributed by atoms with E-state index < -0.39 is 0 Å². The molecule has 4 rings (SSSR count). The Hall–Kier alpha value is -2.85. The van der Waals surface area contributed by atoms with Crippen LogP contribution < -0.4 is 5.32 Å². The Labute approximate surface area is 176 Å². The molecule has 3 aromatic rings. The standard InChI is InChI=1S/C24H24ClN3O/c1-16(18-7-3-2-4-8-18)26-24(29)23-21-10-6-5-9-19(22(21)27-28-23)15-17-11-13-20(25)14-12-17/h2-4,7-8,11-16H,5-6,9-10H2,1H3,(H,26,29)(H,27,28)/t16-/m0/s1. The summed E-state index contributed by atoms with van der Waals surface area (Å²) >= 11 is 6.00. The lowest BCUT2D eigenvalue weighted by molar-refractivity contribution is 0.0934. The molecule has 2 N–H and O–H groups in total. The lowest BCUT2D eigenvalue weighted by Gasteiger charge is -2.14. The summed E-state index contributed by atoms with van der Waals surface area (Å²) in [6.07, 6.45) is 6.07. The van der Waals surface area contributed by atoms with Gasteiger partial charge >= 0.3 is 0 Å². The molecule has 1 aliphatic carbocycles. The maximum absolute atomic E-state index is 13.0. The van der Waals surface area contributed by atoms with Crippen LogP contribution in [-0.2, 0) is 6.42 Å². The number of aromatic amines is 1. The van der Waals surface area contributed by atoms with Crippen LogP contribution in [0.5, 0.6) is 0 Å². The van der Waals surface area contributed by atoms with Gasteiger partial charge in [-0.2, -0.15) is 5.10 Å². The van der Waals surface area contributed by atoms with Crippen molar-refractivity contribution in [3.8, 4) is 0 Å². The molecule has 0 saturated heterocycles. The fraction of sp³-hybridized carbons (Fsp3) is 0.250. The molecule has 0 unspecified atom stereocenters. The van der Waals surface area contributed by atoms with Gasteiger partial charge in [0.25, 0.3) is 5.91 Å². The molecule has 5 heteroatoms. The molecule has 1 aliphatic rings. The lowest BCUT2D eigenvalue weighted by Crippen LogP contribution is -2.27.